The molecular weight excluding hydrogens is 334 g/mol. The van der Waals surface area contributed by atoms with Crippen LogP contribution in [0.25, 0.3) is 16.9 Å². The van der Waals surface area contributed by atoms with Crippen LogP contribution in [0.4, 0.5) is 5.82 Å². The monoisotopic (exact) mass is 355 g/mol. The van der Waals surface area contributed by atoms with Crippen molar-refractivity contribution in [1.82, 2.24) is 29.5 Å². The minimum Gasteiger partial charge on any atom is -0.480 e. The largest absolute Gasteiger partial charge is 0.480 e. The van der Waals surface area contributed by atoms with Crippen LogP contribution in [-0.2, 0) is 0 Å². The van der Waals surface area contributed by atoms with E-state index in [1.165, 1.54) is 0 Å². The number of nitrogens with zero attached hydrogens (tertiary/aromatic N) is 6. The van der Waals surface area contributed by atoms with Crippen LogP contribution in [0.15, 0.2) is 24.8 Å². The third-order valence-electron chi connectivity index (χ3n) is 5.39. The van der Waals surface area contributed by atoms with E-state index in [4.69, 9.17) is 9.72 Å². The Labute approximate surface area is 150 Å². The Bertz CT molecular complexity index is 961. The van der Waals surface area contributed by atoms with E-state index in [1.54, 1.807) is 13.3 Å². The summed E-state index contributed by atoms with van der Waals surface area (Å²) in [6, 6.07) is 0.393. The van der Waals surface area contributed by atoms with Crippen LogP contribution < -0.4 is 15.0 Å². The molecule has 0 unspecified atom stereocenters. The zero-order chi connectivity index (χ0) is 17.8. The van der Waals surface area contributed by atoms with Crippen molar-refractivity contribution in [2.75, 3.05) is 31.6 Å². The fourth-order valence-electron chi connectivity index (χ4n) is 3.52. The van der Waals surface area contributed by atoms with E-state index in [0.29, 0.717) is 18.5 Å². The van der Waals surface area contributed by atoms with Crippen molar-refractivity contribution in [3.05, 3.63) is 24.8 Å². The van der Waals surface area contributed by atoms with Gasteiger partial charge in [-0.2, -0.15) is 5.10 Å². The first-order chi connectivity index (χ1) is 12.7. The number of aromatic nitrogens is 5. The van der Waals surface area contributed by atoms with Gasteiger partial charge in [0.25, 0.3) is 0 Å². The van der Waals surface area contributed by atoms with Gasteiger partial charge >= 0.3 is 0 Å². The summed E-state index contributed by atoms with van der Waals surface area (Å²) >= 11 is 0. The third-order valence-corrected chi connectivity index (χ3v) is 5.39. The quantitative estimate of drug-likeness (QED) is 0.696. The van der Waals surface area contributed by atoms with Crippen LogP contribution in [0, 0.1) is 0 Å². The SMILES string of the molecule is COc1c(-c2cnn(C3CNC3)c2)nc(N2C[C@@H](O)[C@@H]2C)c2nccn12. The predicted octanol–water partition coefficient (Wildman–Crippen LogP) is 0.315. The normalized spacial score (nSPS) is 23.1. The van der Waals surface area contributed by atoms with E-state index in [9.17, 15) is 5.11 Å². The van der Waals surface area contributed by atoms with Gasteiger partial charge in [-0.15, -0.1) is 0 Å². The highest BCUT2D eigenvalue weighted by molar-refractivity contribution is 5.75. The molecule has 2 aliphatic rings. The van der Waals surface area contributed by atoms with Crippen LogP contribution in [0.1, 0.15) is 13.0 Å². The maximum absolute atomic E-state index is 9.92. The van der Waals surface area contributed by atoms with Crippen molar-refractivity contribution in [2.45, 2.75) is 25.1 Å². The number of aliphatic hydroxyl groups is 1. The third kappa shape index (κ3) is 2.14. The van der Waals surface area contributed by atoms with Crippen LogP contribution in [0.2, 0.25) is 0 Å². The smallest absolute Gasteiger partial charge is 0.226 e. The second-order valence-corrected chi connectivity index (χ2v) is 6.90. The molecule has 3 aromatic rings. The molecule has 0 aromatic carbocycles. The number of hydrogen-bond donors (Lipinski definition) is 2. The molecule has 9 heteroatoms. The summed E-state index contributed by atoms with van der Waals surface area (Å²) in [5.74, 6) is 1.38. The van der Waals surface area contributed by atoms with Crippen molar-refractivity contribution < 1.29 is 9.84 Å². The molecule has 136 valence electrons. The Hall–Kier alpha value is -2.65. The second-order valence-electron chi connectivity index (χ2n) is 6.90. The van der Waals surface area contributed by atoms with E-state index in [-0.39, 0.29) is 12.1 Å². The van der Waals surface area contributed by atoms with Gasteiger partial charge in [-0.1, -0.05) is 0 Å². The van der Waals surface area contributed by atoms with Gasteiger partial charge in [-0.3, -0.25) is 9.08 Å². The highest BCUT2D eigenvalue weighted by Crippen LogP contribution is 2.36. The summed E-state index contributed by atoms with van der Waals surface area (Å²) in [6.07, 6.45) is 7.09. The number of aliphatic hydroxyl groups excluding tert-OH is 1. The van der Waals surface area contributed by atoms with Crippen molar-refractivity contribution in [3.8, 4) is 17.1 Å². The lowest BCUT2D eigenvalue weighted by Crippen LogP contribution is -2.59. The number of methoxy groups -OCH3 is 1. The minimum atomic E-state index is -0.341. The summed E-state index contributed by atoms with van der Waals surface area (Å²) in [4.78, 5) is 11.4. The number of anilines is 1. The summed E-state index contributed by atoms with van der Waals surface area (Å²) in [5, 5.41) is 17.7. The van der Waals surface area contributed by atoms with Crippen LogP contribution in [0.3, 0.4) is 0 Å². The molecule has 0 amide bonds. The Kier molecular flexibility index (Phi) is 3.41. The van der Waals surface area contributed by atoms with Gasteiger partial charge in [-0.05, 0) is 6.92 Å². The molecule has 3 aromatic heterocycles. The lowest BCUT2D eigenvalue weighted by molar-refractivity contribution is 0.0989. The van der Waals surface area contributed by atoms with E-state index in [1.807, 2.05) is 34.6 Å². The highest BCUT2D eigenvalue weighted by Gasteiger charge is 2.37. The number of β-amino-alcohol motifs (C(OH)–C–C–N with tert-alkyl or cyclic N) is 1. The van der Waals surface area contributed by atoms with E-state index >= 15 is 0 Å². The van der Waals surface area contributed by atoms with Crippen LogP contribution in [0.5, 0.6) is 5.88 Å². The first-order valence-electron chi connectivity index (χ1n) is 8.78. The molecule has 0 radical (unpaired) electrons. The molecular formula is C17H21N7O2. The maximum Gasteiger partial charge on any atom is 0.226 e. The number of ether oxygens (including phenoxy) is 1. The van der Waals surface area contributed by atoms with Gasteiger partial charge in [0.2, 0.25) is 5.88 Å². The van der Waals surface area contributed by atoms with Crippen molar-refractivity contribution in [2.24, 2.45) is 0 Å². The first kappa shape index (κ1) is 15.6. The van der Waals surface area contributed by atoms with Gasteiger partial charge in [0.1, 0.15) is 5.69 Å². The number of fused-ring (bicyclic) bond motifs is 1. The Morgan fingerprint density at radius 2 is 2.19 bits per heavy atom. The molecule has 5 rings (SSSR count). The number of hydrogen-bond acceptors (Lipinski definition) is 7. The molecule has 2 saturated heterocycles. The number of nitrogens with one attached hydrogen (secondary N) is 1. The zero-order valence-electron chi connectivity index (χ0n) is 14.7. The molecule has 0 saturated carbocycles. The highest BCUT2D eigenvalue weighted by atomic mass is 16.5. The van der Waals surface area contributed by atoms with Crippen LogP contribution >= 0.6 is 0 Å². The van der Waals surface area contributed by atoms with Crippen molar-refractivity contribution in [1.29, 1.82) is 0 Å². The molecule has 0 bridgehead atoms. The molecule has 5 heterocycles. The molecule has 2 atom stereocenters. The molecule has 9 nitrogen and oxygen atoms in total. The number of imidazole rings is 1. The maximum atomic E-state index is 9.92. The molecule has 26 heavy (non-hydrogen) atoms. The molecule has 0 spiro atoms. The Morgan fingerprint density at radius 3 is 2.85 bits per heavy atom. The second kappa shape index (κ2) is 5.68. The van der Waals surface area contributed by atoms with E-state index in [0.717, 1.165) is 35.8 Å². The zero-order valence-corrected chi connectivity index (χ0v) is 14.7. The Morgan fingerprint density at radius 1 is 1.35 bits per heavy atom. The van der Waals surface area contributed by atoms with E-state index < -0.39 is 0 Å². The first-order valence-corrected chi connectivity index (χ1v) is 8.78. The topological polar surface area (TPSA) is 92.7 Å². The fourth-order valence-corrected chi connectivity index (χ4v) is 3.52. The van der Waals surface area contributed by atoms with Crippen LogP contribution in [-0.4, -0.2) is 68.1 Å². The molecule has 2 fully saturated rings. The Balaban J connectivity index is 1.65. The summed E-state index contributed by atoms with van der Waals surface area (Å²) in [7, 11) is 1.63. The van der Waals surface area contributed by atoms with Crippen molar-refractivity contribution in [3.63, 3.8) is 0 Å². The average molecular weight is 355 g/mol. The number of rotatable bonds is 4. The average Bonchev–Trinajstić information content (AvgIpc) is 3.26. The van der Waals surface area contributed by atoms with Gasteiger partial charge in [0.15, 0.2) is 11.5 Å². The summed E-state index contributed by atoms with van der Waals surface area (Å²) in [6.45, 7) is 4.40. The lowest BCUT2D eigenvalue weighted by Gasteiger charge is -2.44. The standard InChI is InChI=1S/C17H21N7O2/c1-10-13(25)9-23(10)16-15-19-3-4-22(15)17(26-2)14(21-16)11-5-20-24(8-11)12-6-18-7-12/h3-5,8,10,12-13,18,25H,6-7,9H2,1-2H3/t10-,13+/m0/s1. The summed E-state index contributed by atoms with van der Waals surface area (Å²) in [5.41, 5.74) is 2.35. The fraction of sp³-hybridized carbons (Fsp3) is 0.471. The van der Waals surface area contributed by atoms with Gasteiger partial charge < -0.3 is 20.1 Å². The predicted molar refractivity (Wildman–Crippen MR) is 95.5 cm³/mol. The molecule has 0 aliphatic carbocycles. The van der Waals surface area contributed by atoms with E-state index in [2.05, 4.69) is 20.3 Å². The lowest BCUT2D eigenvalue weighted by atomic mass is 10.0. The summed E-state index contributed by atoms with van der Waals surface area (Å²) < 4.78 is 9.53. The van der Waals surface area contributed by atoms with Crippen molar-refractivity contribution >= 4 is 11.5 Å². The van der Waals surface area contributed by atoms with Gasteiger partial charge in [0, 0.05) is 43.8 Å². The molecule has 2 aliphatic heterocycles. The van der Waals surface area contributed by atoms with Gasteiger partial charge in [-0.25, -0.2) is 9.97 Å². The minimum absolute atomic E-state index is 0.00742. The molecule has 2 N–H and O–H groups in total. The van der Waals surface area contributed by atoms with Gasteiger partial charge in [0.05, 0.1) is 31.5 Å².